The second-order valence-corrected chi connectivity index (χ2v) is 0.651. The fourth-order valence-corrected chi connectivity index (χ4v) is 0. The molecule has 0 aromatic heterocycles. The van der Waals surface area contributed by atoms with Crippen molar-refractivity contribution in [2.45, 2.75) is 0 Å². The van der Waals surface area contributed by atoms with Gasteiger partial charge < -0.3 is 9.11 Å². The largest absolute Gasteiger partial charge is 2.00 e. The van der Waals surface area contributed by atoms with Crippen LogP contribution in [0.3, 0.4) is 0 Å². The summed E-state index contributed by atoms with van der Waals surface area (Å²) in [4.78, 5) is 0. The average Bonchev–Trinajstić information content (AvgIpc) is 0.811. The van der Waals surface area contributed by atoms with Crippen LogP contribution >= 0.6 is 0 Å². The van der Waals surface area contributed by atoms with Gasteiger partial charge in [-0.25, -0.2) is 4.21 Å². The van der Waals surface area contributed by atoms with E-state index in [-0.39, 0.29) is 10.1 Å². The monoisotopic (exact) mass is 90.0 g/mol. The molecule has 0 aliphatic heterocycles. The first-order chi connectivity index (χ1) is 1.73. The first-order valence-corrected chi connectivity index (χ1v) is 1.55. The summed E-state index contributed by atoms with van der Waals surface area (Å²) in [6.45, 7) is 0. The van der Waals surface area contributed by atoms with E-state index in [1.165, 1.54) is 0 Å². The van der Waals surface area contributed by atoms with Crippen LogP contribution in [0.4, 0.5) is 0 Å². The molecule has 3 nitrogen and oxygen atoms in total. The molecule has 1 unspecified atom stereocenters. The van der Waals surface area contributed by atoms with E-state index in [9.17, 15) is 0 Å². The number of rotatable bonds is 0. The molecule has 0 saturated carbocycles. The van der Waals surface area contributed by atoms with Crippen molar-refractivity contribution in [2.24, 2.45) is 0 Å². The first kappa shape index (κ1) is 8.97. The molecule has 5 heavy (non-hydrogen) atoms. The van der Waals surface area contributed by atoms with E-state index in [4.69, 9.17) is 13.3 Å². The van der Waals surface area contributed by atoms with Crippen LogP contribution in [0.25, 0.3) is 0 Å². The second-order valence-electron chi connectivity index (χ2n) is 0.217. The Bertz CT molecular complexity index is 29.9. The Morgan fingerprint density at radius 1 is 1.80 bits per heavy atom. The van der Waals surface area contributed by atoms with Crippen LogP contribution in [-0.4, -0.2) is 23.4 Å². The zero-order chi connectivity index (χ0) is 3.58. The molecular weight excluding hydrogens is 89.1 g/mol. The van der Waals surface area contributed by atoms with Crippen molar-refractivity contribution in [1.29, 1.82) is 0 Å². The van der Waals surface area contributed by atoms with Crippen LogP contribution in [0.5, 0.6) is 0 Å². The Morgan fingerprint density at radius 3 is 1.80 bits per heavy atom. The summed E-state index contributed by atoms with van der Waals surface area (Å²) in [5, 5.41) is 0. The molecule has 1 N–H and O–H groups in total. The van der Waals surface area contributed by atoms with Crippen molar-refractivity contribution in [1.82, 2.24) is 0 Å². The van der Waals surface area contributed by atoms with Crippen LogP contribution in [0.1, 0.15) is 0 Å². The van der Waals surface area contributed by atoms with Gasteiger partial charge in [0.2, 0.25) is 0 Å². The molecule has 0 aliphatic carbocycles. The van der Waals surface area contributed by atoms with Crippen molar-refractivity contribution in [3.63, 3.8) is 0 Å². The van der Waals surface area contributed by atoms with Crippen molar-refractivity contribution in [2.75, 3.05) is 0 Å². The minimum absolute atomic E-state index is 0. The van der Waals surface area contributed by atoms with Crippen molar-refractivity contribution in [3.8, 4) is 0 Å². The van der Waals surface area contributed by atoms with Gasteiger partial charge in [0.25, 0.3) is 0 Å². The van der Waals surface area contributed by atoms with E-state index in [1.54, 1.807) is 0 Å². The molecule has 0 aromatic carbocycles. The topological polar surface area (TPSA) is 60.4 Å². The number of hydrogen-bond donors (Lipinski definition) is 1. The van der Waals surface area contributed by atoms with Crippen molar-refractivity contribution < 1.29 is 13.3 Å². The maximum absolute atomic E-state index is 8.56. The van der Waals surface area contributed by atoms with Gasteiger partial charge in [-0.05, 0) is 0 Å². The Hall–Kier alpha value is 0.239. The summed E-state index contributed by atoms with van der Waals surface area (Å²) in [7, 11) is 0. The Kier molecular flexibility index (Phi) is 7.61. The standard InChI is InChI=1S/Be.H2O3S/c;1-4(2)3/h;(H2,1,2,3)/q+2;/p-1. The number of hydrogen-bond acceptors (Lipinski definition) is 2. The molecule has 0 amide bonds. The summed E-state index contributed by atoms with van der Waals surface area (Å²) >= 11 is -2.86. The van der Waals surface area contributed by atoms with Gasteiger partial charge in [0.05, 0.1) is 11.4 Å². The normalized spacial score (nSPS) is 12.4. The summed E-state index contributed by atoms with van der Waals surface area (Å²) in [5.41, 5.74) is 0. The third-order valence-electron chi connectivity index (χ3n) is 0. The predicted octanol–water partition coefficient (Wildman–Crippen LogP) is -1.04. The van der Waals surface area contributed by atoms with Gasteiger partial charge in [0, 0.05) is 0 Å². The van der Waals surface area contributed by atoms with Crippen LogP contribution in [-0.2, 0) is 11.4 Å². The molecule has 26 valence electrons. The zero-order valence-electron chi connectivity index (χ0n) is 2.38. The van der Waals surface area contributed by atoms with Gasteiger partial charge in [-0.15, -0.1) is 0 Å². The minimum Gasteiger partial charge on any atom is -0.750 e. The van der Waals surface area contributed by atoms with Crippen LogP contribution in [0.2, 0.25) is 0 Å². The van der Waals surface area contributed by atoms with E-state index in [2.05, 4.69) is 0 Å². The van der Waals surface area contributed by atoms with Crippen molar-refractivity contribution in [3.05, 3.63) is 0 Å². The van der Waals surface area contributed by atoms with Gasteiger partial charge in [-0.3, -0.25) is 0 Å². The van der Waals surface area contributed by atoms with Gasteiger partial charge >= 0.3 is 10.1 Å². The van der Waals surface area contributed by atoms with Crippen molar-refractivity contribution >= 4 is 21.5 Å². The fraction of sp³-hybridized carbons (Fsp3) is 0. The third-order valence-corrected chi connectivity index (χ3v) is 0. The molecule has 0 aromatic rings. The maximum Gasteiger partial charge on any atom is 2.00 e. The molecule has 0 bridgehead atoms. The molecular formula is HBeO3S+. The van der Waals surface area contributed by atoms with E-state index in [1.807, 2.05) is 0 Å². The summed E-state index contributed by atoms with van der Waals surface area (Å²) in [6.07, 6.45) is 0. The van der Waals surface area contributed by atoms with Gasteiger partial charge in [-0.1, -0.05) is 0 Å². The minimum atomic E-state index is -2.86. The van der Waals surface area contributed by atoms with E-state index < -0.39 is 11.4 Å². The van der Waals surface area contributed by atoms with E-state index in [0.29, 0.717) is 0 Å². The van der Waals surface area contributed by atoms with Gasteiger partial charge in [0.15, 0.2) is 0 Å². The van der Waals surface area contributed by atoms with Gasteiger partial charge in [-0.2, -0.15) is 0 Å². The SMILES string of the molecule is O=S([O-])O.[Be+2]. The summed E-state index contributed by atoms with van der Waals surface area (Å²) in [6, 6.07) is 0. The zero-order valence-corrected chi connectivity index (χ0v) is 3.20. The van der Waals surface area contributed by atoms with E-state index in [0.717, 1.165) is 0 Å². The molecule has 5 heteroatoms. The molecule has 0 heterocycles. The fourth-order valence-electron chi connectivity index (χ4n) is 0. The first-order valence-electron chi connectivity index (χ1n) is 0.516. The summed E-state index contributed by atoms with van der Waals surface area (Å²) in [5.74, 6) is 0. The molecule has 0 radical (unpaired) electrons. The Morgan fingerprint density at radius 2 is 1.80 bits per heavy atom. The molecule has 0 aliphatic rings. The van der Waals surface area contributed by atoms with Crippen LogP contribution < -0.4 is 0 Å². The Labute approximate surface area is 35.7 Å². The Balaban J connectivity index is 0. The van der Waals surface area contributed by atoms with Gasteiger partial charge in [0.1, 0.15) is 0 Å². The van der Waals surface area contributed by atoms with Crippen LogP contribution in [0, 0.1) is 0 Å². The molecule has 0 saturated heterocycles. The third kappa shape index (κ3) is 372. The average molecular weight is 90.1 g/mol. The molecule has 0 rings (SSSR count). The quantitative estimate of drug-likeness (QED) is 0.305. The maximum atomic E-state index is 8.56. The molecule has 1 atom stereocenters. The second kappa shape index (κ2) is 4.24. The predicted molar refractivity (Wildman–Crippen MR) is 17.3 cm³/mol. The molecule has 0 fully saturated rings. The van der Waals surface area contributed by atoms with E-state index >= 15 is 0 Å². The van der Waals surface area contributed by atoms with Crippen LogP contribution in [0.15, 0.2) is 0 Å². The smallest absolute Gasteiger partial charge is 0.750 e. The molecule has 0 spiro atoms. The summed E-state index contributed by atoms with van der Waals surface area (Å²) < 4.78 is 24.1.